The number of aliphatic carboxylic acids is 1. The third kappa shape index (κ3) is 1.69. The van der Waals surface area contributed by atoms with Crippen LogP contribution >= 0.6 is 0 Å². The van der Waals surface area contributed by atoms with Crippen LogP contribution in [0.5, 0.6) is 0 Å². The van der Waals surface area contributed by atoms with Gasteiger partial charge in [0.25, 0.3) is 0 Å². The highest BCUT2D eigenvalue weighted by molar-refractivity contribution is 5.99. The number of carboxylic acids is 1. The Hall–Kier alpha value is -1.43. The van der Waals surface area contributed by atoms with Gasteiger partial charge in [0.1, 0.15) is 6.04 Å². The Morgan fingerprint density at radius 3 is 2.81 bits per heavy atom. The van der Waals surface area contributed by atoms with Crippen LogP contribution in [0, 0.1) is 5.92 Å². The standard InChI is InChI=1S/C10H14N2O4/c11-6-1-2-12-9(6)7(13)3-5(10(12)16)4-8(14)15/h5-6,9H,1-4,11H2,(H,14,15)/t5-,6+,9?/m0/s1. The number of nitrogens with two attached hydrogens (primary N) is 1. The van der Waals surface area contributed by atoms with Gasteiger partial charge in [0.2, 0.25) is 5.91 Å². The van der Waals surface area contributed by atoms with E-state index in [2.05, 4.69) is 0 Å². The summed E-state index contributed by atoms with van der Waals surface area (Å²) in [5.74, 6) is -2.09. The number of rotatable bonds is 2. The summed E-state index contributed by atoms with van der Waals surface area (Å²) >= 11 is 0. The van der Waals surface area contributed by atoms with Gasteiger partial charge >= 0.3 is 5.97 Å². The van der Waals surface area contributed by atoms with E-state index in [9.17, 15) is 14.4 Å². The first-order valence-corrected chi connectivity index (χ1v) is 5.31. The van der Waals surface area contributed by atoms with Gasteiger partial charge in [0, 0.05) is 19.0 Å². The zero-order valence-electron chi connectivity index (χ0n) is 8.76. The number of nitrogens with zero attached hydrogens (tertiary/aromatic N) is 1. The first kappa shape index (κ1) is 11.1. The van der Waals surface area contributed by atoms with Gasteiger partial charge in [-0.05, 0) is 6.42 Å². The van der Waals surface area contributed by atoms with E-state index in [1.54, 1.807) is 0 Å². The first-order valence-electron chi connectivity index (χ1n) is 5.31. The maximum atomic E-state index is 11.9. The number of amides is 1. The molecule has 6 nitrogen and oxygen atoms in total. The number of carboxylic acid groups (broad SMARTS) is 1. The summed E-state index contributed by atoms with van der Waals surface area (Å²) in [6.07, 6.45) is 0.352. The Morgan fingerprint density at radius 1 is 1.50 bits per heavy atom. The largest absolute Gasteiger partial charge is 0.481 e. The number of ketones is 1. The molecule has 0 aromatic heterocycles. The lowest BCUT2D eigenvalue weighted by atomic mass is 9.88. The van der Waals surface area contributed by atoms with Crippen LogP contribution in [0.1, 0.15) is 19.3 Å². The number of hydrogen-bond acceptors (Lipinski definition) is 4. The van der Waals surface area contributed by atoms with Crippen molar-refractivity contribution in [3.8, 4) is 0 Å². The molecule has 0 aromatic rings. The Bertz CT molecular complexity index is 355. The normalized spacial score (nSPS) is 34.1. The number of carbonyl (C=O) groups is 3. The molecule has 16 heavy (non-hydrogen) atoms. The molecule has 0 aliphatic carbocycles. The van der Waals surface area contributed by atoms with Crippen LogP contribution in [0.3, 0.4) is 0 Å². The van der Waals surface area contributed by atoms with Gasteiger partial charge in [-0.1, -0.05) is 0 Å². The van der Waals surface area contributed by atoms with E-state index in [1.807, 2.05) is 0 Å². The molecule has 3 atom stereocenters. The van der Waals surface area contributed by atoms with Crippen LogP contribution in [-0.2, 0) is 14.4 Å². The molecule has 3 N–H and O–H groups in total. The molecule has 0 saturated carbocycles. The average Bonchev–Trinajstić information content (AvgIpc) is 2.56. The Morgan fingerprint density at radius 2 is 2.19 bits per heavy atom. The molecular formula is C10H14N2O4. The minimum Gasteiger partial charge on any atom is -0.481 e. The highest BCUT2D eigenvalue weighted by Gasteiger charge is 2.47. The summed E-state index contributed by atoms with van der Waals surface area (Å²) in [4.78, 5) is 35.7. The van der Waals surface area contributed by atoms with Crippen LogP contribution < -0.4 is 5.73 Å². The molecule has 88 valence electrons. The highest BCUT2D eigenvalue weighted by Crippen LogP contribution is 2.29. The van der Waals surface area contributed by atoms with Crippen molar-refractivity contribution < 1.29 is 19.5 Å². The van der Waals surface area contributed by atoms with Crippen LogP contribution in [0.2, 0.25) is 0 Å². The molecule has 2 aliphatic heterocycles. The average molecular weight is 226 g/mol. The summed E-state index contributed by atoms with van der Waals surface area (Å²) in [6.45, 7) is 0.465. The van der Waals surface area contributed by atoms with Gasteiger partial charge in [-0.2, -0.15) is 0 Å². The fourth-order valence-corrected chi connectivity index (χ4v) is 2.53. The van der Waals surface area contributed by atoms with E-state index in [0.717, 1.165) is 0 Å². The van der Waals surface area contributed by atoms with E-state index in [4.69, 9.17) is 10.8 Å². The third-order valence-corrected chi connectivity index (χ3v) is 3.28. The highest BCUT2D eigenvalue weighted by atomic mass is 16.4. The van der Waals surface area contributed by atoms with Gasteiger partial charge in [-0.15, -0.1) is 0 Å². The van der Waals surface area contributed by atoms with Crippen LogP contribution in [0.15, 0.2) is 0 Å². The van der Waals surface area contributed by atoms with Crippen molar-refractivity contribution in [3.63, 3.8) is 0 Å². The zero-order valence-corrected chi connectivity index (χ0v) is 8.76. The molecule has 2 aliphatic rings. The molecule has 0 radical (unpaired) electrons. The number of piperidine rings is 1. The lowest BCUT2D eigenvalue weighted by Gasteiger charge is -2.34. The van der Waals surface area contributed by atoms with E-state index in [1.165, 1.54) is 4.90 Å². The predicted molar refractivity (Wildman–Crippen MR) is 53.5 cm³/mol. The van der Waals surface area contributed by atoms with E-state index in [0.29, 0.717) is 13.0 Å². The topological polar surface area (TPSA) is 101 Å². The predicted octanol–water partition coefficient (Wildman–Crippen LogP) is -1.02. The Labute approximate surface area is 92.4 Å². The minimum absolute atomic E-state index is 0.0139. The van der Waals surface area contributed by atoms with E-state index < -0.39 is 17.9 Å². The quantitative estimate of drug-likeness (QED) is 0.627. The lowest BCUT2D eigenvalue weighted by molar-refractivity contribution is -0.152. The molecule has 1 unspecified atom stereocenters. The lowest BCUT2D eigenvalue weighted by Crippen LogP contribution is -2.54. The Balaban J connectivity index is 2.16. The molecular weight excluding hydrogens is 212 g/mol. The van der Waals surface area contributed by atoms with Crippen LogP contribution in [0.4, 0.5) is 0 Å². The molecule has 6 heteroatoms. The van der Waals surface area contributed by atoms with Gasteiger partial charge in [0.05, 0.1) is 12.3 Å². The van der Waals surface area contributed by atoms with Gasteiger partial charge < -0.3 is 15.7 Å². The van der Waals surface area contributed by atoms with Crippen molar-refractivity contribution in [2.45, 2.75) is 31.3 Å². The minimum atomic E-state index is -1.05. The van der Waals surface area contributed by atoms with E-state index in [-0.39, 0.29) is 30.6 Å². The van der Waals surface area contributed by atoms with Crippen molar-refractivity contribution >= 4 is 17.7 Å². The number of carbonyl (C=O) groups excluding carboxylic acids is 2. The van der Waals surface area contributed by atoms with Crippen LogP contribution in [-0.4, -0.2) is 46.3 Å². The number of Topliss-reactive ketones (excluding diaryl/α,β-unsaturated/α-hetero) is 1. The van der Waals surface area contributed by atoms with Gasteiger partial charge in [-0.3, -0.25) is 14.4 Å². The molecule has 1 amide bonds. The van der Waals surface area contributed by atoms with Gasteiger partial charge in [-0.25, -0.2) is 0 Å². The second kappa shape index (κ2) is 3.86. The van der Waals surface area contributed by atoms with Crippen molar-refractivity contribution in [2.75, 3.05) is 6.54 Å². The number of hydrogen-bond donors (Lipinski definition) is 2. The molecule has 0 aromatic carbocycles. The fourth-order valence-electron chi connectivity index (χ4n) is 2.53. The molecule has 0 bridgehead atoms. The second-order valence-electron chi connectivity index (χ2n) is 4.39. The van der Waals surface area contributed by atoms with Crippen molar-refractivity contribution in [1.82, 2.24) is 4.90 Å². The van der Waals surface area contributed by atoms with E-state index >= 15 is 0 Å². The summed E-state index contributed by atoms with van der Waals surface area (Å²) in [5, 5.41) is 8.66. The fraction of sp³-hybridized carbons (Fsp3) is 0.700. The number of fused-ring (bicyclic) bond motifs is 1. The molecule has 2 fully saturated rings. The molecule has 2 saturated heterocycles. The molecule has 0 spiro atoms. The maximum Gasteiger partial charge on any atom is 0.304 e. The Kier molecular flexibility index (Phi) is 2.67. The maximum absolute atomic E-state index is 11.9. The summed E-state index contributed by atoms with van der Waals surface area (Å²) < 4.78 is 0. The third-order valence-electron chi connectivity index (χ3n) is 3.28. The smallest absolute Gasteiger partial charge is 0.304 e. The van der Waals surface area contributed by atoms with Gasteiger partial charge in [0.15, 0.2) is 5.78 Å². The second-order valence-corrected chi connectivity index (χ2v) is 4.39. The monoisotopic (exact) mass is 226 g/mol. The molecule has 2 heterocycles. The first-order chi connectivity index (χ1) is 7.50. The summed E-state index contributed by atoms with van der Waals surface area (Å²) in [7, 11) is 0. The summed E-state index contributed by atoms with van der Waals surface area (Å²) in [6, 6.07) is -0.806. The van der Waals surface area contributed by atoms with Crippen molar-refractivity contribution in [3.05, 3.63) is 0 Å². The van der Waals surface area contributed by atoms with Crippen molar-refractivity contribution in [2.24, 2.45) is 11.7 Å². The SMILES string of the molecule is N[C@@H]1CCN2C(=O)[C@H](CC(=O)O)CC(=O)C12. The summed E-state index contributed by atoms with van der Waals surface area (Å²) in [5.41, 5.74) is 5.76. The zero-order chi connectivity index (χ0) is 11.9. The molecule has 2 rings (SSSR count). The van der Waals surface area contributed by atoms with Crippen molar-refractivity contribution in [1.29, 1.82) is 0 Å². The van der Waals surface area contributed by atoms with Crippen LogP contribution in [0.25, 0.3) is 0 Å².